The third-order valence-corrected chi connectivity index (χ3v) is 3.91. The molecule has 1 N–H and O–H groups in total. The number of methoxy groups -OCH3 is 5. The molecular formula is C17H19NO5. The topological polar surface area (TPSA) is 61.9 Å². The summed E-state index contributed by atoms with van der Waals surface area (Å²) in [6.07, 6.45) is 0. The zero-order chi connectivity index (χ0) is 16.6. The lowest BCUT2D eigenvalue weighted by molar-refractivity contribution is 0.327. The van der Waals surface area contributed by atoms with E-state index in [1.54, 1.807) is 35.5 Å². The molecule has 0 amide bonds. The van der Waals surface area contributed by atoms with Gasteiger partial charge in [-0.2, -0.15) is 0 Å². The van der Waals surface area contributed by atoms with Gasteiger partial charge in [-0.15, -0.1) is 0 Å². The van der Waals surface area contributed by atoms with Crippen LogP contribution in [0, 0.1) is 0 Å². The van der Waals surface area contributed by atoms with Crippen molar-refractivity contribution in [3.63, 3.8) is 0 Å². The highest BCUT2D eigenvalue weighted by molar-refractivity contribution is 6.16. The van der Waals surface area contributed by atoms with E-state index in [4.69, 9.17) is 23.7 Å². The van der Waals surface area contributed by atoms with Gasteiger partial charge in [0.25, 0.3) is 0 Å². The van der Waals surface area contributed by atoms with Crippen LogP contribution in [0.25, 0.3) is 21.8 Å². The standard InChI is InChI=1S/C17H19NO5/c1-19-10-6-7-11(20-2)15-14(10)13-9(18-15)8-12(21-3)16(22-4)17(13)23-5/h6-8,18H,1-5H3. The molecule has 23 heavy (non-hydrogen) atoms. The van der Waals surface area contributed by atoms with Gasteiger partial charge in [-0.05, 0) is 12.1 Å². The van der Waals surface area contributed by atoms with Crippen LogP contribution in [0.1, 0.15) is 0 Å². The number of aromatic amines is 1. The molecule has 0 bridgehead atoms. The summed E-state index contributed by atoms with van der Waals surface area (Å²) in [5.41, 5.74) is 1.67. The third-order valence-electron chi connectivity index (χ3n) is 3.91. The lowest BCUT2D eigenvalue weighted by Gasteiger charge is -2.13. The molecule has 0 unspecified atom stereocenters. The van der Waals surface area contributed by atoms with Crippen LogP contribution in [0.15, 0.2) is 18.2 Å². The molecule has 6 nitrogen and oxygen atoms in total. The van der Waals surface area contributed by atoms with E-state index >= 15 is 0 Å². The van der Waals surface area contributed by atoms with Crippen molar-refractivity contribution in [2.45, 2.75) is 0 Å². The van der Waals surface area contributed by atoms with E-state index in [9.17, 15) is 0 Å². The molecule has 0 aliphatic heterocycles. The zero-order valence-corrected chi connectivity index (χ0v) is 13.8. The Kier molecular flexibility index (Phi) is 3.82. The zero-order valence-electron chi connectivity index (χ0n) is 13.8. The van der Waals surface area contributed by atoms with E-state index in [0.29, 0.717) is 17.2 Å². The fraction of sp³-hybridized carbons (Fsp3) is 0.294. The second-order valence-electron chi connectivity index (χ2n) is 4.91. The van der Waals surface area contributed by atoms with Gasteiger partial charge in [0.05, 0.1) is 57.4 Å². The molecule has 0 aliphatic carbocycles. The molecule has 3 aromatic rings. The molecule has 0 fully saturated rings. The Morgan fingerprint density at radius 1 is 0.652 bits per heavy atom. The highest BCUT2D eigenvalue weighted by Gasteiger charge is 2.23. The van der Waals surface area contributed by atoms with Gasteiger partial charge in [0.15, 0.2) is 11.5 Å². The van der Waals surface area contributed by atoms with E-state index < -0.39 is 0 Å². The second-order valence-corrected chi connectivity index (χ2v) is 4.91. The number of rotatable bonds is 5. The fourth-order valence-electron chi connectivity index (χ4n) is 2.91. The van der Waals surface area contributed by atoms with Crippen LogP contribution in [0.3, 0.4) is 0 Å². The summed E-state index contributed by atoms with van der Waals surface area (Å²) in [5, 5.41) is 1.73. The second kappa shape index (κ2) is 5.79. The van der Waals surface area contributed by atoms with Crippen LogP contribution >= 0.6 is 0 Å². The maximum atomic E-state index is 5.61. The van der Waals surface area contributed by atoms with Crippen LogP contribution in [-0.2, 0) is 0 Å². The molecule has 2 aromatic carbocycles. The van der Waals surface area contributed by atoms with Crippen molar-refractivity contribution in [1.29, 1.82) is 0 Å². The first-order valence-corrected chi connectivity index (χ1v) is 7.05. The minimum atomic E-state index is 0.535. The van der Waals surface area contributed by atoms with Gasteiger partial charge in [-0.25, -0.2) is 0 Å². The van der Waals surface area contributed by atoms with Gasteiger partial charge in [-0.1, -0.05) is 0 Å². The first-order chi connectivity index (χ1) is 11.2. The summed E-state index contributed by atoms with van der Waals surface area (Å²) >= 11 is 0. The summed E-state index contributed by atoms with van der Waals surface area (Å²) in [6, 6.07) is 5.59. The van der Waals surface area contributed by atoms with Crippen LogP contribution < -0.4 is 23.7 Å². The lowest BCUT2D eigenvalue weighted by atomic mass is 10.1. The van der Waals surface area contributed by atoms with Crippen molar-refractivity contribution in [2.24, 2.45) is 0 Å². The number of H-pyrrole nitrogens is 1. The van der Waals surface area contributed by atoms with Crippen molar-refractivity contribution in [2.75, 3.05) is 35.5 Å². The van der Waals surface area contributed by atoms with E-state index in [0.717, 1.165) is 33.3 Å². The quantitative estimate of drug-likeness (QED) is 0.782. The average molecular weight is 317 g/mol. The Balaban J connectivity index is 2.55. The van der Waals surface area contributed by atoms with E-state index in [-0.39, 0.29) is 0 Å². The molecule has 0 radical (unpaired) electrons. The molecule has 0 spiro atoms. The van der Waals surface area contributed by atoms with Crippen LogP contribution in [0.5, 0.6) is 28.7 Å². The van der Waals surface area contributed by atoms with Crippen molar-refractivity contribution in [3.8, 4) is 28.7 Å². The molecule has 1 heterocycles. The number of nitrogens with one attached hydrogen (secondary N) is 1. The fourth-order valence-corrected chi connectivity index (χ4v) is 2.91. The molecule has 122 valence electrons. The maximum Gasteiger partial charge on any atom is 0.204 e. The Labute approximate surface area is 133 Å². The lowest BCUT2D eigenvalue weighted by Crippen LogP contribution is -1.95. The SMILES string of the molecule is COc1cc2[nH]c3c(OC)ccc(OC)c3c2c(OC)c1OC. The molecule has 0 saturated carbocycles. The third kappa shape index (κ3) is 2.10. The van der Waals surface area contributed by atoms with Gasteiger partial charge in [0.1, 0.15) is 11.5 Å². The molecule has 0 atom stereocenters. The monoisotopic (exact) mass is 317 g/mol. The average Bonchev–Trinajstić information content (AvgIpc) is 2.98. The summed E-state index contributed by atoms with van der Waals surface area (Å²) < 4.78 is 27.5. The van der Waals surface area contributed by atoms with Crippen molar-refractivity contribution >= 4 is 21.8 Å². The number of hydrogen-bond donors (Lipinski definition) is 1. The summed E-state index contributed by atoms with van der Waals surface area (Å²) in [5.74, 6) is 3.14. The maximum absolute atomic E-state index is 5.61. The molecule has 0 aliphatic rings. The smallest absolute Gasteiger partial charge is 0.204 e. The van der Waals surface area contributed by atoms with Crippen molar-refractivity contribution < 1.29 is 23.7 Å². The van der Waals surface area contributed by atoms with Crippen LogP contribution in [-0.4, -0.2) is 40.5 Å². The Bertz CT molecular complexity index is 869. The molecule has 0 saturated heterocycles. The summed E-state index contributed by atoms with van der Waals surface area (Å²) in [6.45, 7) is 0. The first-order valence-electron chi connectivity index (χ1n) is 7.05. The van der Waals surface area contributed by atoms with Gasteiger partial charge >= 0.3 is 0 Å². The van der Waals surface area contributed by atoms with E-state index in [1.165, 1.54) is 0 Å². The van der Waals surface area contributed by atoms with Crippen LogP contribution in [0.4, 0.5) is 0 Å². The summed E-state index contributed by atoms with van der Waals surface area (Å²) in [4.78, 5) is 3.35. The number of benzene rings is 2. The largest absolute Gasteiger partial charge is 0.496 e. The predicted molar refractivity (Wildman–Crippen MR) is 88.6 cm³/mol. The first kappa shape index (κ1) is 15.1. The number of ether oxygens (including phenoxy) is 5. The van der Waals surface area contributed by atoms with E-state index in [2.05, 4.69) is 4.98 Å². The Morgan fingerprint density at radius 2 is 1.26 bits per heavy atom. The molecule has 6 heteroatoms. The van der Waals surface area contributed by atoms with E-state index in [1.807, 2.05) is 18.2 Å². The van der Waals surface area contributed by atoms with Gasteiger partial charge in [0, 0.05) is 6.07 Å². The minimum absolute atomic E-state index is 0.535. The number of hydrogen-bond acceptors (Lipinski definition) is 5. The normalized spacial score (nSPS) is 10.8. The molecule has 3 rings (SSSR count). The van der Waals surface area contributed by atoms with Gasteiger partial charge in [-0.3, -0.25) is 0 Å². The van der Waals surface area contributed by atoms with Crippen molar-refractivity contribution in [3.05, 3.63) is 18.2 Å². The predicted octanol–water partition coefficient (Wildman–Crippen LogP) is 3.36. The highest BCUT2D eigenvalue weighted by atomic mass is 16.5. The Hall–Kier alpha value is -2.76. The highest BCUT2D eigenvalue weighted by Crippen LogP contribution is 2.49. The van der Waals surface area contributed by atoms with Crippen molar-refractivity contribution in [1.82, 2.24) is 4.98 Å². The Morgan fingerprint density at radius 3 is 1.83 bits per heavy atom. The minimum Gasteiger partial charge on any atom is -0.496 e. The van der Waals surface area contributed by atoms with Gasteiger partial charge in [0.2, 0.25) is 5.75 Å². The number of aromatic nitrogens is 1. The summed E-state index contributed by atoms with van der Waals surface area (Å²) in [7, 11) is 8.03. The number of fused-ring (bicyclic) bond motifs is 3. The van der Waals surface area contributed by atoms with Gasteiger partial charge < -0.3 is 28.7 Å². The molecule has 1 aromatic heterocycles. The molecular weight excluding hydrogens is 298 g/mol. The van der Waals surface area contributed by atoms with Crippen LogP contribution in [0.2, 0.25) is 0 Å².